The Labute approximate surface area is 176 Å². The third-order valence-electron chi connectivity index (χ3n) is 7.00. The van der Waals surface area contributed by atoms with Crippen LogP contribution in [0.3, 0.4) is 0 Å². The molecule has 0 spiro atoms. The van der Waals surface area contributed by atoms with E-state index in [1.165, 1.54) is 5.69 Å². The number of benzene rings is 1. The van der Waals surface area contributed by atoms with Crippen LogP contribution < -0.4 is 10.2 Å². The molecule has 160 valence electrons. The highest BCUT2D eigenvalue weighted by atomic mass is 28.4. The topological polar surface area (TPSA) is 58.6 Å². The van der Waals surface area contributed by atoms with Crippen LogP contribution in [0.25, 0.3) is 0 Å². The molecule has 1 atom stereocenters. The molecule has 2 saturated heterocycles. The summed E-state index contributed by atoms with van der Waals surface area (Å²) in [6, 6.07) is 8.32. The number of anilines is 1. The zero-order valence-electron chi connectivity index (χ0n) is 18.6. The number of rotatable bonds is 5. The van der Waals surface area contributed by atoms with E-state index < -0.39 is 8.32 Å². The molecule has 1 aromatic rings. The largest absolute Gasteiger partial charge is 0.417 e. The predicted molar refractivity (Wildman–Crippen MR) is 120 cm³/mol. The minimum Gasteiger partial charge on any atom is -0.417 e. The lowest BCUT2D eigenvalue weighted by Gasteiger charge is -2.39. The maximum atomic E-state index is 12.1. The molecule has 2 amide bonds. The minimum atomic E-state index is -1.67. The van der Waals surface area contributed by atoms with Crippen LogP contribution in [0.2, 0.25) is 18.1 Å². The summed E-state index contributed by atoms with van der Waals surface area (Å²) in [6.45, 7) is 14.5. The van der Waals surface area contributed by atoms with Crippen LogP contribution in [0.15, 0.2) is 24.3 Å². The Balaban J connectivity index is 1.51. The van der Waals surface area contributed by atoms with Crippen molar-refractivity contribution >= 4 is 25.8 Å². The van der Waals surface area contributed by atoms with Crippen LogP contribution in [0.4, 0.5) is 5.69 Å². The zero-order chi connectivity index (χ0) is 21.2. The molecule has 5 nitrogen and oxygen atoms in total. The van der Waals surface area contributed by atoms with Crippen molar-refractivity contribution in [3.63, 3.8) is 0 Å². The van der Waals surface area contributed by atoms with Crippen molar-refractivity contribution in [2.45, 2.75) is 70.5 Å². The van der Waals surface area contributed by atoms with E-state index in [1.807, 2.05) is 12.1 Å². The average molecular weight is 417 g/mol. The van der Waals surface area contributed by atoms with E-state index in [1.54, 1.807) is 0 Å². The van der Waals surface area contributed by atoms with Gasteiger partial charge in [0.1, 0.15) is 0 Å². The van der Waals surface area contributed by atoms with Crippen molar-refractivity contribution in [3.05, 3.63) is 29.8 Å². The lowest BCUT2D eigenvalue weighted by Crippen LogP contribution is -2.43. The van der Waals surface area contributed by atoms with Gasteiger partial charge in [0.2, 0.25) is 11.8 Å². The van der Waals surface area contributed by atoms with Crippen molar-refractivity contribution in [1.29, 1.82) is 0 Å². The summed E-state index contributed by atoms with van der Waals surface area (Å²) in [5.41, 5.74) is 2.21. The summed E-state index contributed by atoms with van der Waals surface area (Å²) in [6.07, 6.45) is 3.33. The average Bonchev–Trinajstić information content (AvgIpc) is 2.66. The van der Waals surface area contributed by atoms with Gasteiger partial charge in [-0.1, -0.05) is 32.9 Å². The van der Waals surface area contributed by atoms with Crippen LogP contribution in [-0.2, 0) is 14.0 Å². The van der Waals surface area contributed by atoms with E-state index in [-0.39, 0.29) is 22.8 Å². The molecule has 1 N–H and O–H groups in total. The number of carbonyl (C=O) groups is 2. The fourth-order valence-corrected chi connectivity index (χ4v) is 4.91. The Morgan fingerprint density at radius 3 is 2.24 bits per heavy atom. The van der Waals surface area contributed by atoms with Gasteiger partial charge >= 0.3 is 0 Å². The van der Waals surface area contributed by atoms with E-state index in [9.17, 15) is 9.59 Å². The minimum absolute atomic E-state index is 0.164. The molecule has 0 aromatic heterocycles. The Kier molecular flexibility index (Phi) is 6.53. The first-order valence-electron chi connectivity index (χ1n) is 10.9. The molecule has 0 saturated carbocycles. The molecule has 2 fully saturated rings. The highest BCUT2D eigenvalue weighted by Gasteiger charge is 2.37. The first-order valence-corrected chi connectivity index (χ1v) is 13.8. The molecular formula is C23H36N2O3Si. The lowest BCUT2D eigenvalue weighted by atomic mass is 9.90. The molecule has 0 radical (unpaired) electrons. The molecule has 1 unspecified atom stereocenters. The second-order valence-corrected chi connectivity index (χ2v) is 14.9. The molecule has 29 heavy (non-hydrogen) atoms. The van der Waals surface area contributed by atoms with Crippen molar-refractivity contribution < 1.29 is 14.0 Å². The number of nitrogens with one attached hydrogen (secondary N) is 1. The van der Waals surface area contributed by atoms with Gasteiger partial charge in [-0.05, 0) is 61.0 Å². The zero-order valence-corrected chi connectivity index (χ0v) is 19.6. The van der Waals surface area contributed by atoms with Crippen molar-refractivity contribution in [1.82, 2.24) is 5.32 Å². The smallest absolute Gasteiger partial charge is 0.234 e. The maximum Gasteiger partial charge on any atom is 0.234 e. The van der Waals surface area contributed by atoms with Gasteiger partial charge in [-0.2, -0.15) is 0 Å². The summed E-state index contributed by atoms with van der Waals surface area (Å²) in [5, 5.41) is 2.71. The number of carbonyl (C=O) groups excluding carboxylic acids is 2. The fraction of sp³-hybridized carbons (Fsp3) is 0.652. The quantitative estimate of drug-likeness (QED) is 0.569. The third kappa shape index (κ3) is 5.28. The summed E-state index contributed by atoms with van der Waals surface area (Å²) in [7, 11) is -1.67. The van der Waals surface area contributed by atoms with Gasteiger partial charge in [0.05, 0.1) is 5.92 Å². The number of piperidine rings is 2. The molecule has 1 aromatic carbocycles. The molecule has 2 aliphatic heterocycles. The normalized spacial score (nSPS) is 22.0. The SMILES string of the molecule is CC(C)(C)[Si](C)(C)OCC1CCN(c2ccc(C3CCC(=O)NC3=O)cc2)CC1. The molecule has 0 aliphatic carbocycles. The second-order valence-electron chi connectivity index (χ2n) is 10.1. The third-order valence-corrected chi connectivity index (χ3v) is 11.5. The van der Waals surface area contributed by atoms with Crippen molar-refractivity contribution in [2.24, 2.45) is 5.92 Å². The molecule has 2 aliphatic rings. The van der Waals surface area contributed by atoms with E-state index in [0.717, 1.165) is 38.1 Å². The first kappa shape index (κ1) is 22.0. The number of amides is 2. The summed E-state index contributed by atoms with van der Waals surface area (Å²) >= 11 is 0. The predicted octanol–water partition coefficient (Wildman–Crippen LogP) is 4.45. The summed E-state index contributed by atoms with van der Waals surface area (Å²) in [4.78, 5) is 25.8. The number of imide groups is 1. The highest BCUT2D eigenvalue weighted by Crippen LogP contribution is 2.37. The van der Waals surface area contributed by atoms with Crippen LogP contribution in [0, 0.1) is 5.92 Å². The van der Waals surface area contributed by atoms with Gasteiger partial charge in [-0.3, -0.25) is 14.9 Å². The molecule has 0 bridgehead atoms. The van der Waals surface area contributed by atoms with Gasteiger partial charge in [-0.25, -0.2) is 0 Å². The van der Waals surface area contributed by atoms with Crippen LogP contribution in [0.1, 0.15) is 57.9 Å². The highest BCUT2D eigenvalue weighted by molar-refractivity contribution is 6.74. The van der Waals surface area contributed by atoms with Crippen LogP contribution in [-0.4, -0.2) is 39.8 Å². The van der Waals surface area contributed by atoms with Gasteiger partial charge in [0, 0.05) is 31.8 Å². The van der Waals surface area contributed by atoms with Gasteiger partial charge in [-0.15, -0.1) is 0 Å². The molecular weight excluding hydrogens is 380 g/mol. The Bertz CT molecular complexity index is 731. The number of hydrogen-bond acceptors (Lipinski definition) is 4. The Morgan fingerprint density at radius 1 is 1.07 bits per heavy atom. The Hall–Kier alpha value is -1.66. The lowest BCUT2D eigenvalue weighted by molar-refractivity contribution is -0.134. The molecule has 2 heterocycles. The van der Waals surface area contributed by atoms with E-state index in [0.29, 0.717) is 18.8 Å². The second kappa shape index (κ2) is 8.60. The number of nitrogens with zero attached hydrogens (tertiary/aromatic N) is 1. The van der Waals surface area contributed by atoms with E-state index in [4.69, 9.17) is 4.43 Å². The van der Waals surface area contributed by atoms with Crippen LogP contribution >= 0.6 is 0 Å². The summed E-state index contributed by atoms with van der Waals surface area (Å²) < 4.78 is 6.43. The van der Waals surface area contributed by atoms with Gasteiger partial charge in [0.25, 0.3) is 0 Å². The van der Waals surface area contributed by atoms with Crippen LogP contribution in [0.5, 0.6) is 0 Å². The molecule has 6 heteroatoms. The van der Waals surface area contributed by atoms with Gasteiger partial charge in [0.15, 0.2) is 8.32 Å². The first-order chi connectivity index (χ1) is 13.6. The van der Waals surface area contributed by atoms with E-state index >= 15 is 0 Å². The molecule has 3 rings (SSSR count). The van der Waals surface area contributed by atoms with Gasteiger partial charge < -0.3 is 9.33 Å². The summed E-state index contributed by atoms with van der Waals surface area (Å²) in [5.74, 6) is 0.0999. The van der Waals surface area contributed by atoms with Crippen molar-refractivity contribution in [3.8, 4) is 0 Å². The standard InChI is InChI=1S/C23H36N2O3Si/c1-23(2,3)29(4,5)28-16-17-12-14-25(15-13-17)19-8-6-18(7-9-19)20-10-11-21(26)24-22(20)27/h6-9,17,20H,10-16H2,1-5H3,(H,24,26,27). The maximum absolute atomic E-state index is 12.1. The van der Waals surface area contributed by atoms with E-state index in [2.05, 4.69) is 56.2 Å². The monoisotopic (exact) mass is 416 g/mol. The number of hydrogen-bond donors (Lipinski definition) is 1. The van der Waals surface area contributed by atoms with Crippen molar-refractivity contribution in [2.75, 3.05) is 24.6 Å². The Morgan fingerprint density at radius 2 is 1.69 bits per heavy atom. The fourth-order valence-electron chi connectivity index (χ4n) is 3.83.